The van der Waals surface area contributed by atoms with Gasteiger partial charge in [-0.05, 0) is 87.6 Å². The van der Waals surface area contributed by atoms with Crippen molar-refractivity contribution in [3.63, 3.8) is 0 Å². The van der Waals surface area contributed by atoms with Gasteiger partial charge >= 0.3 is 0 Å². The molecule has 0 aliphatic heterocycles. The summed E-state index contributed by atoms with van der Waals surface area (Å²) in [5, 5.41) is 3.14. The Balaban J connectivity index is 1.72. The van der Waals surface area contributed by atoms with Gasteiger partial charge in [-0.25, -0.2) is 8.42 Å². The van der Waals surface area contributed by atoms with Gasteiger partial charge in [0.1, 0.15) is 18.3 Å². The first-order chi connectivity index (χ1) is 20.5. The van der Waals surface area contributed by atoms with Crippen molar-refractivity contribution in [3.8, 4) is 5.75 Å². The van der Waals surface area contributed by atoms with Crippen LogP contribution in [0.3, 0.4) is 0 Å². The fourth-order valence-electron chi connectivity index (χ4n) is 5.48. The Morgan fingerprint density at radius 1 is 0.953 bits per heavy atom. The number of aryl methyl sites for hydroxylation is 2. The van der Waals surface area contributed by atoms with Crippen LogP contribution >= 0.6 is 0 Å². The number of nitrogens with zero attached hydrogens (tertiary/aromatic N) is 2. The van der Waals surface area contributed by atoms with E-state index >= 15 is 0 Å². The molecule has 1 aliphatic carbocycles. The first-order valence-electron chi connectivity index (χ1n) is 14.9. The maximum absolute atomic E-state index is 14.3. The number of carbonyl (C=O) groups excluding carboxylic acids is 2. The Morgan fingerprint density at radius 2 is 1.63 bits per heavy atom. The van der Waals surface area contributed by atoms with Crippen LogP contribution < -0.4 is 14.4 Å². The van der Waals surface area contributed by atoms with Gasteiger partial charge in [0, 0.05) is 12.6 Å². The number of hydrogen-bond donors (Lipinski definition) is 1. The van der Waals surface area contributed by atoms with Gasteiger partial charge in [0.05, 0.1) is 17.7 Å². The topological polar surface area (TPSA) is 96.0 Å². The molecule has 0 bridgehead atoms. The average Bonchev–Trinajstić information content (AvgIpc) is 3.00. The standard InChI is InChI=1S/C34H43N3O5S/c1-24-17-19-31(20-18-24)43(40,41)37(32-16-9-11-25(2)26(32)3)23-33(38)36(22-28-12-10-15-30(21-28)42-5)27(4)34(39)35-29-13-7-6-8-14-29/h9-12,15-21,27,29H,6-8,13-14,22-23H2,1-5H3,(H,35,39). The normalized spacial score (nSPS) is 14.5. The molecule has 3 aromatic carbocycles. The first kappa shape index (κ1) is 32.1. The molecule has 1 N–H and O–H groups in total. The summed E-state index contributed by atoms with van der Waals surface area (Å²) < 4.78 is 34.8. The fourth-order valence-corrected chi connectivity index (χ4v) is 6.95. The lowest BCUT2D eigenvalue weighted by molar-refractivity contribution is -0.139. The van der Waals surface area contributed by atoms with E-state index in [2.05, 4.69) is 5.32 Å². The predicted octanol–water partition coefficient (Wildman–Crippen LogP) is 5.68. The third-order valence-electron chi connectivity index (χ3n) is 8.34. The Kier molecular flexibility index (Phi) is 10.5. The van der Waals surface area contributed by atoms with Crippen molar-refractivity contribution < 1.29 is 22.7 Å². The summed E-state index contributed by atoms with van der Waals surface area (Å²) in [5.74, 6) is -0.100. The Hall–Kier alpha value is -3.85. The third-order valence-corrected chi connectivity index (χ3v) is 10.1. The zero-order chi connectivity index (χ0) is 31.1. The van der Waals surface area contributed by atoms with E-state index in [9.17, 15) is 18.0 Å². The molecule has 0 saturated heterocycles. The third kappa shape index (κ3) is 7.76. The Bertz CT molecular complexity index is 1530. The molecule has 1 atom stereocenters. The average molecular weight is 606 g/mol. The number of anilines is 1. The molecule has 1 unspecified atom stereocenters. The number of benzene rings is 3. The van der Waals surface area contributed by atoms with E-state index in [-0.39, 0.29) is 23.4 Å². The molecule has 0 spiro atoms. The van der Waals surface area contributed by atoms with Gasteiger partial charge in [0.15, 0.2) is 0 Å². The van der Waals surface area contributed by atoms with Crippen LogP contribution in [0.5, 0.6) is 5.75 Å². The van der Waals surface area contributed by atoms with Crippen LogP contribution in [0.4, 0.5) is 5.69 Å². The van der Waals surface area contributed by atoms with Gasteiger partial charge in [-0.15, -0.1) is 0 Å². The molecular weight excluding hydrogens is 562 g/mol. The molecule has 0 aromatic heterocycles. The van der Waals surface area contributed by atoms with E-state index in [0.717, 1.165) is 54.4 Å². The molecule has 1 aliphatic rings. The smallest absolute Gasteiger partial charge is 0.264 e. The quantitative estimate of drug-likeness (QED) is 0.303. The summed E-state index contributed by atoms with van der Waals surface area (Å²) in [7, 11) is -2.56. The van der Waals surface area contributed by atoms with Crippen molar-refractivity contribution in [1.29, 1.82) is 0 Å². The van der Waals surface area contributed by atoms with Crippen LogP contribution in [0.15, 0.2) is 71.6 Å². The molecule has 4 rings (SSSR count). The van der Waals surface area contributed by atoms with Gasteiger partial charge in [-0.1, -0.05) is 61.2 Å². The van der Waals surface area contributed by atoms with Crippen LogP contribution in [0.25, 0.3) is 0 Å². The molecule has 230 valence electrons. The molecule has 1 saturated carbocycles. The highest BCUT2D eigenvalue weighted by atomic mass is 32.2. The van der Waals surface area contributed by atoms with Crippen LogP contribution in [0, 0.1) is 20.8 Å². The van der Waals surface area contributed by atoms with Gasteiger partial charge in [0.2, 0.25) is 11.8 Å². The highest BCUT2D eigenvalue weighted by Gasteiger charge is 2.34. The molecule has 9 heteroatoms. The minimum absolute atomic E-state index is 0.0748. The van der Waals surface area contributed by atoms with Crippen LogP contribution in [-0.4, -0.2) is 50.9 Å². The maximum atomic E-state index is 14.3. The number of hydrogen-bond acceptors (Lipinski definition) is 5. The van der Waals surface area contributed by atoms with Crippen molar-refractivity contribution in [2.24, 2.45) is 0 Å². The highest BCUT2D eigenvalue weighted by molar-refractivity contribution is 7.92. The minimum Gasteiger partial charge on any atom is -0.497 e. The minimum atomic E-state index is -4.13. The first-order valence-corrected chi connectivity index (χ1v) is 16.3. The number of methoxy groups -OCH3 is 1. The summed E-state index contributed by atoms with van der Waals surface area (Å²) in [6.45, 7) is 6.99. The number of sulfonamides is 1. The second kappa shape index (κ2) is 14.1. The molecule has 3 aromatic rings. The molecule has 0 heterocycles. The van der Waals surface area contributed by atoms with Crippen molar-refractivity contribution >= 4 is 27.5 Å². The van der Waals surface area contributed by atoms with Crippen molar-refractivity contribution in [1.82, 2.24) is 10.2 Å². The molecule has 43 heavy (non-hydrogen) atoms. The lowest BCUT2D eigenvalue weighted by Gasteiger charge is -2.33. The molecular formula is C34H43N3O5S. The van der Waals surface area contributed by atoms with Crippen molar-refractivity contribution in [2.45, 2.75) is 83.3 Å². The second-order valence-electron chi connectivity index (χ2n) is 11.4. The number of rotatable bonds is 11. The lowest BCUT2D eigenvalue weighted by Crippen LogP contribution is -2.53. The van der Waals surface area contributed by atoms with E-state index in [1.807, 2.05) is 51.1 Å². The van der Waals surface area contributed by atoms with Gasteiger partial charge in [-0.2, -0.15) is 0 Å². The van der Waals surface area contributed by atoms with E-state index in [1.54, 1.807) is 50.4 Å². The fraction of sp³-hybridized carbons (Fsp3) is 0.412. The summed E-state index contributed by atoms with van der Waals surface area (Å²) in [5.41, 5.74) is 3.78. The lowest BCUT2D eigenvalue weighted by atomic mass is 9.95. The largest absolute Gasteiger partial charge is 0.497 e. The van der Waals surface area contributed by atoms with E-state index in [4.69, 9.17) is 4.74 Å². The second-order valence-corrected chi connectivity index (χ2v) is 13.3. The van der Waals surface area contributed by atoms with E-state index in [0.29, 0.717) is 11.4 Å². The number of ether oxygens (including phenoxy) is 1. The van der Waals surface area contributed by atoms with Crippen LogP contribution in [0.2, 0.25) is 0 Å². The predicted molar refractivity (Wildman–Crippen MR) is 170 cm³/mol. The maximum Gasteiger partial charge on any atom is 0.264 e. The molecule has 1 fully saturated rings. The molecule has 8 nitrogen and oxygen atoms in total. The number of carbonyl (C=O) groups is 2. The SMILES string of the molecule is COc1cccc(CN(C(=O)CN(c2cccc(C)c2C)S(=O)(=O)c2ccc(C)cc2)C(C)C(=O)NC2CCCCC2)c1. The van der Waals surface area contributed by atoms with E-state index in [1.165, 1.54) is 9.21 Å². The van der Waals surface area contributed by atoms with Crippen LogP contribution in [-0.2, 0) is 26.2 Å². The summed E-state index contributed by atoms with van der Waals surface area (Å²) in [6, 6.07) is 18.6. The summed E-state index contributed by atoms with van der Waals surface area (Å²) >= 11 is 0. The summed E-state index contributed by atoms with van der Waals surface area (Å²) in [4.78, 5) is 29.3. The van der Waals surface area contributed by atoms with Crippen LogP contribution in [0.1, 0.15) is 61.3 Å². The van der Waals surface area contributed by atoms with Gasteiger partial charge in [-0.3, -0.25) is 13.9 Å². The molecule has 0 radical (unpaired) electrons. The van der Waals surface area contributed by atoms with Crippen molar-refractivity contribution in [3.05, 3.63) is 89.0 Å². The van der Waals surface area contributed by atoms with Gasteiger partial charge < -0.3 is 15.0 Å². The monoisotopic (exact) mass is 605 g/mol. The highest BCUT2D eigenvalue weighted by Crippen LogP contribution is 2.29. The number of amides is 2. The zero-order valence-electron chi connectivity index (χ0n) is 25.8. The Labute approximate surface area is 256 Å². The van der Waals surface area contributed by atoms with Gasteiger partial charge in [0.25, 0.3) is 10.0 Å². The summed E-state index contributed by atoms with van der Waals surface area (Å²) in [6.07, 6.45) is 5.11. The molecule has 2 amide bonds. The zero-order valence-corrected chi connectivity index (χ0v) is 26.6. The number of nitrogens with one attached hydrogen (secondary N) is 1. The Morgan fingerprint density at radius 3 is 2.30 bits per heavy atom. The van der Waals surface area contributed by atoms with E-state index < -0.39 is 28.5 Å². The van der Waals surface area contributed by atoms with Crippen molar-refractivity contribution in [2.75, 3.05) is 18.0 Å².